The lowest BCUT2D eigenvalue weighted by atomic mass is 10.3. The van der Waals surface area contributed by atoms with E-state index < -0.39 is 0 Å². The first-order valence-corrected chi connectivity index (χ1v) is 7.19. The van der Waals surface area contributed by atoms with Crippen LogP contribution in [0.3, 0.4) is 0 Å². The second-order valence-corrected chi connectivity index (χ2v) is 6.74. The summed E-state index contributed by atoms with van der Waals surface area (Å²) in [5.41, 5.74) is 1.05. The van der Waals surface area contributed by atoms with E-state index in [2.05, 4.69) is 54.3 Å². The lowest BCUT2D eigenvalue weighted by molar-refractivity contribution is 0.686. The van der Waals surface area contributed by atoms with Gasteiger partial charge in [0.25, 0.3) is 0 Å². The number of nitrogens with one attached hydrogen (secondary N) is 1. The van der Waals surface area contributed by atoms with Crippen molar-refractivity contribution in [2.75, 3.05) is 0 Å². The minimum Gasteiger partial charge on any atom is -0.306 e. The average molecular weight is 362 g/mol. The molecule has 0 atom stereocenters. The van der Waals surface area contributed by atoms with E-state index in [4.69, 9.17) is 0 Å². The van der Waals surface area contributed by atoms with Gasteiger partial charge in [-0.2, -0.15) is 0 Å². The van der Waals surface area contributed by atoms with Crippen LogP contribution in [0.2, 0.25) is 0 Å². The van der Waals surface area contributed by atoms with Crippen molar-refractivity contribution >= 4 is 43.2 Å². The molecule has 0 aliphatic carbocycles. The molecule has 0 spiro atoms. The van der Waals surface area contributed by atoms with Crippen LogP contribution in [-0.2, 0) is 13.1 Å². The molecular formula is C11H10Br2N2S. The molecule has 84 valence electrons. The Hall–Kier alpha value is -0.230. The van der Waals surface area contributed by atoms with Crippen molar-refractivity contribution in [3.8, 4) is 0 Å². The molecule has 5 heteroatoms. The first kappa shape index (κ1) is 12.2. The summed E-state index contributed by atoms with van der Waals surface area (Å²) in [7, 11) is 0. The molecule has 0 saturated heterocycles. The molecule has 2 nitrogen and oxygen atoms in total. The van der Waals surface area contributed by atoms with Crippen LogP contribution in [0.25, 0.3) is 0 Å². The van der Waals surface area contributed by atoms with Crippen LogP contribution < -0.4 is 5.32 Å². The van der Waals surface area contributed by atoms with Crippen LogP contribution in [0.15, 0.2) is 38.7 Å². The highest BCUT2D eigenvalue weighted by molar-refractivity contribution is 9.11. The van der Waals surface area contributed by atoms with Crippen molar-refractivity contribution in [2.45, 2.75) is 13.1 Å². The standard InChI is InChI=1S/C11H10Br2N2S/c12-8-1-2-9(15-5-8)6-14-7-10-3-4-11(13)16-10/h1-5,14H,6-7H2. The van der Waals surface area contributed by atoms with Gasteiger partial charge >= 0.3 is 0 Å². The molecule has 0 aromatic carbocycles. The number of nitrogens with zero attached hydrogens (tertiary/aromatic N) is 1. The Balaban J connectivity index is 1.82. The van der Waals surface area contributed by atoms with Crippen LogP contribution in [0.5, 0.6) is 0 Å². The van der Waals surface area contributed by atoms with Crippen molar-refractivity contribution in [1.29, 1.82) is 0 Å². The van der Waals surface area contributed by atoms with Crippen LogP contribution in [0.4, 0.5) is 0 Å². The van der Waals surface area contributed by atoms with Crippen molar-refractivity contribution < 1.29 is 0 Å². The minimum atomic E-state index is 0.794. The summed E-state index contributed by atoms with van der Waals surface area (Å²) in [6, 6.07) is 8.21. The molecule has 0 unspecified atom stereocenters. The van der Waals surface area contributed by atoms with Gasteiger partial charge in [0.1, 0.15) is 0 Å². The average Bonchev–Trinajstić information content (AvgIpc) is 2.67. The van der Waals surface area contributed by atoms with Gasteiger partial charge in [0.05, 0.1) is 9.48 Å². The first-order valence-electron chi connectivity index (χ1n) is 4.79. The van der Waals surface area contributed by atoms with Gasteiger partial charge in [-0.15, -0.1) is 11.3 Å². The minimum absolute atomic E-state index is 0.794. The van der Waals surface area contributed by atoms with Crippen LogP contribution in [0.1, 0.15) is 10.6 Å². The predicted octanol–water partition coefficient (Wildman–Crippen LogP) is 3.96. The van der Waals surface area contributed by atoms with Crippen molar-refractivity contribution in [1.82, 2.24) is 10.3 Å². The molecule has 2 rings (SSSR count). The largest absolute Gasteiger partial charge is 0.306 e. The van der Waals surface area contributed by atoms with Crippen LogP contribution >= 0.6 is 43.2 Å². The number of rotatable bonds is 4. The normalized spacial score (nSPS) is 10.6. The lowest BCUT2D eigenvalue weighted by Gasteiger charge is -2.02. The highest BCUT2D eigenvalue weighted by Crippen LogP contribution is 2.21. The molecular weight excluding hydrogens is 352 g/mol. The fourth-order valence-corrected chi connectivity index (χ4v) is 2.96. The highest BCUT2D eigenvalue weighted by atomic mass is 79.9. The summed E-state index contributed by atoms with van der Waals surface area (Å²) >= 11 is 8.57. The monoisotopic (exact) mass is 360 g/mol. The summed E-state index contributed by atoms with van der Waals surface area (Å²) in [5, 5.41) is 3.36. The van der Waals surface area contributed by atoms with E-state index in [9.17, 15) is 0 Å². The highest BCUT2D eigenvalue weighted by Gasteiger charge is 1.98. The van der Waals surface area contributed by atoms with E-state index in [0.717, 1.165) is 23.3 Å². The Morgan fingerprint density at radius 3 is 2.62 bits per heavy atom. The summed E-state index contributed by atoms with van der Waals surface area (Å²) in [6.07, 6.45) is 1.82. The van der Waals surface area contributed by atoms with Crippen molar-refractivity contribution in [3.05, 3.63) is 49.3 Å². The number of aromatic nitrogens is 1. The Labute approximate surface area is 115 Å². The van der Waals surface area contributed by atoms with Gasteiger partial charge in [-0.05, 0) is 56.1 Å². The van der Waals surface area contributed by atoms with Gasteiger partial charge in [-0.3, -0.25) is 4.98 Å². The molecule has 0 bridgehead atoms. The molecule has 0 fully saturated rings. The number of halogens is 2. The number of hydrogen-bond donors (Lipinski definition) is 1. The van der Waals surface area contributed by atoms with Crippen molar-refractivity contribution in [3.63, 3.8) is 0 Å². The van der Waals surface area contributed by atoms with E-state index in [0.29, 0.717) is 0 Å². The molecule has 0 radical (unpaired) electrons. The summed E-state index contributed by atoms with van der Waals surface area (Å²) in [5.74, 6) is 0. The summed E-state index contributed by atoms with van der Waals surface area (Å²) in [6.45, 7) is 1.68. The summed E-state index contributed by atoms with van der Waals surface area (Å²) < 4.78 is 2.18. The van der Waals surface area contributed by atoms with Gasteiger partial charge in [0.15, 0.2) is 0 Å². The molecule has 0 aliphatic rings. The number of hydrogen-bond acceptors (Lipinski definition) is 3. The van der Waals surface area contributed by atoms with Gasteiger partial charge < -0.3 is 5.32 Å². The molecule has 2 aromatic heterocycles. The van der Waals surface area contributed by atoms with Gasteiger partial charge in [0.2, 0.25) is 0 Å². The number of thiophene rings is 1. The first-order chi connectivity index (χ1) is 7.74. The van der Waals surface area contributed by atoms with Gasteiger partial charge in [-0.25, -0.2) is 0 Å². The zero-order valence-electron chi connectivity index (χ0n) is 8.41. The summed E-state index contributed by atoms with van der Waals surface area (Å²) in [4.78, 5) is 5.62. The fraction of sp³-hybridized carbons (Fsp3) is 0.182. The van der Waals surface area contributed by atoms with Gasteiger partial charge in [-0.1, -0.05) is 0 Å². The molecule has 2 aromatic rings. The van der Waals surface area contributed by atoms with E-state index in [1.54, 1.807) is 11.3 Å². The van der Waals surface area contributed by atoms with Crippen LogP contribution in [-0.4, -0.2) is 4.98 Å². The maximum absolute atomic E-state index is 4.30. The fourth-order valence-electron chi connectivity index (χ4n) is 1.27. The topological polar surface area (TPSA) is 24.9 Å². The third kappa shape index (κ3) is 3.66. The molecule has 0 aliphatic heterocycles. The molecule has 1 N–H and O–H groups in total. The second-order valence-electron chi connectivity index (χ2n) is 3.28. The zero-order chi connectivity index (χ0) is 11.4. The molecule has 2 heterocycles. The van der Waals surface area contributed by atoms with Crippen molar-refractivity contribution in [2.24, 2.45) is 0 Å². The number of pyridine rings is 1. The van der Waals surface area contributed by atoms with Gasteiger partial charge in [0, 0.05) is 28.6 Å². The lowest BCUT2D eigenvalue weighted by Crippen LogP contribution is -2.12. The maximum atomic E-state index is 4.30. The van der Waals surface area contributed by atoms with E-state index >= 15 is 0 Å². The SMILES string of the molecule is Brc1ccc(CNCc2ccc(Br)s2)nc1. The Morgan fingerprint density at radius 2 is 2.00 bits per heavy atom. The Morgan fingerprint density at radius 1 is 1.12 bits per heavy atom. The maximum Gasteiger partial charge on any atom is 0.0701 e. The smallest absolute Gasteiger partial charge is 0.0701 e. The zero-order valence-corrected chi connectivity index (χ0v) is 12.4. The third-order valence-electron chi connectivity index (χ3n) is 2.02. The predicted molar refractivity (Wildman–Crippen MR) is 74.5 cm³/mol. The molecule has 0 saturated carbocycles. The third-order valence-corrected chi connectivity index (χ3v) is 4.12. The van der Waals surface area contributed by atoms with E-state index in [1.807, 2.05) is 18.3 Å². The molecule has 0 amide bonds. The quantitative estimate of drug-likeness (QED) is 0.891. The Bertz CT molecular complexity index is 453. The van der Waals surface area contributed by atoms with E-state index in [-0.39, 0.29) is 0 Å². The van der Waals surface area contributed by atoms with Crippen LogP contribution in [0, 0.1) is 0 Å². The Kier molecular flexibility index (Phi) is 4.52. The molecule has 16 heavy (non-hydrogen) atoms. The van der Waals surface area contributed by atoms with E-state index in [1.165, 1.54) is 8.66 Å². The second kappa shape index (κ2) is 5.91.